The summed E-state index contributed by atoms with van der Waals surface area (Å²) in [4.78, 5) is 28.4. The molecule has 5 rings (SSSR count). The van der Waals surface area contributed by atoms with Gasteiger partial charge in [0.2, 0.25) is 5.82 Å². The van der Waals surface area contributed by atoms with Crippen molar-refractivity contribution in [2.24, 2.45) is 0 Å². The van der Waals surface area contributed by atoms with Gasteiger partial charge in [-0.15, -0.1) is 5.10 Å². The molecule has 0 aliphatic heterocycles. The minimum Gasteiger partial charge on any atom is -0.497 e. The Morgan fingerprint density at radius 2 is 2.20 bits per heavy atom. The molecule has 0 saturated heterocycles. The third kappa shape index (κ3) is 3.28. The van der Waals surface area contributed by atoms with Crippen molar-refractivity contribution in [3.05, 3.63) is 58.8 Å². The maximum atomic E-state index is 12.8. The maximum absolute atomic E-state index is 12.8. The Kier molecular flexibility index (Phi) is 4.42. The van der Waals surface area contributed by atoms with E-state index in [9.17, 15) is 9.59 Å². The third-order valence-electron chi connectivity index (χ3n) is 5.21. The van der Waals surface area contributed by atoms with Gasteiger partial charge in [0.25, 0.3) is 5.91 Å². The van der Waals surface area contributed by atoms with E-state index in [2.05, 4.69) is 15.4 Å². The Morgan fingerprint density at radius 1 is 1.33 bits per heavy atom. The van der Waals surface area contributed by atoms with Gasteiger partial charge >= 0.3 is 5.69 Å². The number of furan rings is 1. The summed E-state index contributed by atoms with van der Waals surface area (Å²) in [5.74, 6) is 1.57. The first-order valence-electron chi connectivity index (χ1n) is 9.82. The molecule has 0 unspecified atom stereocenters. The number of aromatic amines is 1. The van der Waals surface area contributed by atoms with Crippen molar-refractivity contribution in [2.75, 3.05) is 13.7 Å². The number of carbonyl (C=O) groups excluding carboxylic acids is 1. The second kappa shape index (κ2) is 7.25. The highest BCUT2D eigenvalue weighted by Gasteiger charge is 2.31. The lowest BCUT2D eigenvalue weighted by molar-refractivity contribution is 0.0947. The smallest absolute Gasteiger partial charge is 0.346 e. The second-order valence-electron chi connectivity index (χ2n) is 7.30. The zero-order valence-electron chi connectivity index (χ0n) is 16.4. The fraction of sp³-hybridized carbons (Fsp3) is 0.286. The van der Waals surface area contributed by atoms with Gasteiger partial charge in [0, 0.05) is 29.6 Å². The number of nitrogens with one attached hydrogen (secondary N) is 2. The van der Waals surface area contributed by atoms with E-state index in [1.54, 1.807) is 36.1 Å². The highest BCUT2D eigenvalue weighted by molar-refractivity contribution is 5.98. The molecular formula is C21H21N5O4. The Morgan fingerprint density at radius 3 is 2.93 bits per heavy atom. The first kappa shape index (κ1) is 18.3. The van der Waals surface area contributed by atoms with Crippen LogP contribution in [0.1, 0.15) is 29.4 Å². The molecule has 154 valence electrons. The summed E-state index contributed by atoms with van der Waals surface area (Å²) in [6, 6.07) is 11.1. The van der Waals surface area contributed by atoms with Crippen molar-refractivity contribution in [1.29, 1.82) is 0 Å². The molecular weight excluding hydrogens is 386 g/mol. The standard InChI is InChI=1S/C21H21N5O4/c1-29-15-7-4-13-11-17(23-16(13)12-15)20(27)22-8-9-25-21(28)26(14-5-6-14)19(24-25)18-3-2-10-30-18/h2-4,7,10-12,14,23H,5-6,8-9H2,1H3,(H,22,27). The third-order valence-corrected chi connectivity index (χ3v) is 5.21. The lowest BCUT2D eigenvalue weighted by atomic mass is 10.2. The largest absolute Gasteiger partial charge is 0.497 e. The molecule has 3 heterocycles. The van der Waals surface area contributed by atoms with Crippen LogP contribution in [0.3, 0.4) is 0 Å². The molecule has 2 N–H and O–H groups in total. The minimum atomic E-state index is -0.244. The van der Waals surface area contributed by atoms with Crippen LogP contribution < -0.4 is 15.7 Å². The van der Waals surface area contributed by atoms with E-state index in [1.807, 2.05) is 18.2 Å². The van der Waals surface area contributed by atoms with E-state index in [-0.39, 0.29) is 30.7 Å². The monoisotopic (exact) mass is 407 g/mol. The highest BCUT2D eigenvalue weighted by atomic mass is 16.5. The molecule has 0 atom stereocenters. The summed E-state index contributed by atoms with van der Waals surface area (Å²) >= 11 is 0. The lowest BCUT2D eigenvalue weighted by Gasteiger charge is -2.03. The molecule has 4 aromatic rings. The molecule has 0 spiro atoms. The van der Waals surface area contributed by atoms with Crippen molar-refractivity contribution in [2.45, 2.75) is 25.4 Å². The SMILES string of the molecule is COc1ccc2cc(C(=O)NCCn3nc(-c4ccco4)n(C4CC4)c3=O)[nH]c2c1. The molecule has 1 fully saturated rings. The van der Waals surface area contributed by atoms with Gasteiger partial charge in [-0.25, -0.2) is 9.48 Å². The number of fused-ring (bicyclic) bond motifs is 1. The lowest BCUT2D eigenvalue weighted by Crippen LogP contribution is -2.32. The van der Waals surface area contributed by atoms with Gasteiger partial charge in [0.15, 0.2) is 5.76 Å². The predicted molar refractivity (Wildman–Crippen MR) is 110 cm³/mol. The van der Waals surface area contributed by atoms with Crippen LogP contribution in [-0.2, 0) is 6.54 Å². The van der Waals surface area contributed by atoms with Crippen molar-refractivity contribution < 1.29 is 13.9 Å². The molecule has 3 aromatic heterocycles. The van der Waals surface area contributed by atoms with Gasteiger partial charge in [0.1, 0.15) is 11.4 Å². The summed E-state index contributed by atoms with van der Waals surface area (Å²) < 4.78 is 13.7. The number of H-pyrrole nitrogens is 1. The van der Waals surface area contributed by atoms with Crippen molar-refractivity contribution in [3.8, 4) is 17.3 Å². The van der Waals surface area contributed by atoms with E-state index >= 15 is 0 Å². The van der Waals surface area contributed by atoms with Crippen LogP contribution in [0.4, 0.5) is 0 Å². The van der Waals surface area contributed by atoms with Crippen LogP contribution in [0.5, 0.6) is 5.75 Å². The average molecular weight is 407 g/mol. The van der Waals surface area contributed by atoms with Crippen LogP contribution in [0.25, 0.3) is 22.5 Å². The summed E-state index contributed by atoms with van der Waals surface area (Å²) in [7, 11) is 1.60. The molecule has 1 aliphatic rings. The molecule has 30 heavy (non-hydrogen) atoms. The second-order valence-corrected chi connectivity index (χ2v) is 7.30. The maximum Gasteiger partial charge on any atom is 0.346 e. The fourth-order valence-corrected chi connectivity index (χ4v) is 3.53. The Bertz CT molecular complexity index is 1260. The fourth-order valence-electron chi connectivity index (χ4n) is 3.53. The van der Waals surface area contributed by atoms with Gasteiger partial charge in [-0.1, -0.05) is 0 Å². The summed E-state index contributed by atoms with van der Waals surface area (Å²) in [5, 5.41) is 8.20. The van der Waals surface area contributed by atoms with Gasteiger partial charge in [-0.2, -0.15) is 0 Å². The average Bonchev–Trinajstić information content (AvgIpc) is 3.17. The molecule has 1 saturated carbocycles. The van der Waals surface area contributed by atoms with Crippen LogP contribution in [0.15, 0.2) is 51.9 Å². The van der Waals surface area contributed by atoms with Crippen molar-refractivity contribution in [1.82, 2.24) is 24.6 Å². The van der Waals surface area contributed by atoms with Gasteiger partial charge in [0.05, 0.1) is 19.9 Å². The van der Waals surface area contributed by atoms with Gasteiger partial charge < -0.3 is 19.5 Å². The molecule has 1 aromatic carbocycles. The summed E-state index contributed by atoms with van der Waals surface area (Å²) in [6.07, 6.45) is 3.48. The predicted octanol–water partition coefficient (Wildman–Crippen LogP) is 2.56. The van der Waals surface area contributed by atoms with E-state index in [0.29, 0.717) is 23.0 Å². The van der Waals surface area contributed by atoms with E-state index in [0.717, 1.165) is 23.7 Å². The number of carbonyl (C=O) groups is 1. The Balaban J connectivity index is 1.29. The van der Waals surface area contributed by atoms with Gasteiger partial charge in [-0.3, -0.25) is 9.36 Å². The zero-order valence-corrected chi connectivity index (χ0v) is 16.4. The molecule has 9 heteroatoms. The van der Waals surface area contributed by atoms with Crippen LogP contribution >= 0.6 is 0 Å². The first-order chi connectivity index (χ1) is 14.6. The topological polar surface area (TPSA) is 107 Å². The molecule has 1 aliphatic carbocycles. The van der Waals surface area contributed by atoms with Crippen LogP contribution in [0.2, 0.25) is 0 Å². The number of hydrogen-bond acceptors (Lipinski definition) is 5. The zero-order chi connectivity index (χ0) is 20.7. The summed E-state index contributed by atoms with van der Waals surface area (Å²) in [6.45, 7) is 0.544. The van der Waals surface area contributed by atoms with E-state index in [4.69, 9.17) is 9.15 Å². The molecule has 0 bridgehead atoms. The number of benzene rings is 1. The molecule has 0 radical (unpaired) electrons. The number of aromatic nitrogens is 4. The van der Waals surface area contributed by atoms with Crippen LogP contribution in [0, 0.1) is 0 Å². The van der Waals surface area contributed by atoms with Crippen LogP contribution in [-0.4, -0.2) is 38.9 Å². The quantitative estimate of drug-likeness (QED) is 0.490. The van der Waals surface area contributed by atoms with Gasteiger partial charge in [-0.05, 0) is 43.2 Å². The number of ether oxygens (including phenoxy) is 1. The van der Waals surface area contributed by atoms with Crippen molar-refractivity contribution in [3.63, 3.8) is 0 Å². The Hall–Kier alpha value is -3.75. The Labute approximate surface area is 171 Å². The summed E-state index contributed by atoms with van der Waals surface area (Å²) in [5.41, 5.74) is 1.09. The highest BCUT2D eigenvalue weighted by Crippen LogP contribution is 2.36. The first-order valence-corrected chi connectivity index (χ1v) is 9.82. The normalized spacial score (nSPS) is 13.6. The number of rotatable bonds is 7. The molecule has 9 nitrogen and oxygen atoms in total. The number of nitrogens with zero attached hydrogens (tertiary/aromatic N) is 3. The van der Waals surface area contributed by atoms with Crippen molar-refractivity contribution >= 4 is 16.8 Å². The molecule has 1 amide bonds. The minimum absolute atomic E-state index is 0.171. The van der Waals surface area contributed by atoms with E-state index < -0.39 is 0 Å². The van der Waals surface area contributed by atoms with E-state index in [1.165, 1.54) is 4.68 Å². The number of amides is 1. The number of methoxy groups -OCH3 is 1. The number of hydrogen-bond donors (Lipinski definition) is 2.